The van der Waals surface area contributed by atoms with Crippen LogP contribution in [0.5, 0.6) is 0 Å². The van der Waals surface area contributed by atoms with Gasteiger partial charge in [0.05, 0.1) is 10.8 Å². The highest BCUT2D eigenvalue weighted by atomic mass is 35.5. The van der Waals surface area contributed by atoms with Crippen LogP contribution < -0.4 is 11.1 Å². The standard InChI is InChI=1S/C17H13ClN2O4/c18-14-8-4-1-5-11(14)10-24-15(21)9-20-17(23)13-7-3-2-6-12(13)16(22)19-20/h1-8H,9-10H2,(H,19,22). The van der Waals surface area contributed by atoms with Crippen molar-refractivity contribution in [2.75, 3.05) is 0 Å². The molecule has 0 spiro atoms. The Bertz CT molecular complexity index is 1020. The normalized spacial score (nSPS) is 10.7. The van der Waals surface area contributed by atoms with Crippen LogP contribution in [0.2, 0.25) is 5.02 Å². The van der Waals surface area contributed by atoms with E-state index in [1.54, 1.807) is 48.5 Å². The van der Waals surface area contributed by atoms with Gasteiger partial charge in [-0.3, -0.25) is 19.5 Å². The van der Waals surface area contributed by atoms with Gasteiger partial charge in [0.15, 0.2) is 0 Å². The van der Waals surface area contributed by atoms with Gasteiger partial charge in [0.2, 0.25) is 0 Å². The van der Waals surface area contributed by atoms with Crippen LogP contribution in [0, 0.1) is 0 Å². The maximum atomic E-state index is 12.3. The summed E-state index contributed by atoms with van der Waals surface area (Å²) in [6.45, 7) is -0.394. The minimum atomic E-state index is -0.650. The van der Waals surface area contributed by atoms with Gasteiger partial charge in [-0.2, -0.15) is 0 Å². The first-order valence-corrected chi connectivity index (χ1v) is 7.55. The third-order valence-electron chi connectivity index (χ3n) is 3.52. The largest absolute Gasteiger partial charge is 0.459 e. The number of nitrogens with zero attached hydrogens (tertiary/aromatic N) is 1. The molecule has 0 unspecified atom stereocenters. The van der Waals surface area contributed by atoms with E-state index in [4.69, 9.17) is 16.3 Å². The van der Waals surface area contributed by atoms with Gasteiger partial charge in [-0.15, -0.1) is 0 Å². The monoisotopic (exact) mass is 344 g/mol. The molecule has 1 heterocycles. The Morgan fingerprint density at radius 2 is 1.71 bits per heavy atom. The predicted molar refractivity (Wildman–Crippen MR) is 90.1 cm³/mol. The van der Waals surface area contributed by atoms with Crippen LogP contribution in [0.25, 0.3) is 10.8 Å². The van der Waals surface area contributed by atoms with Gasteiger partial charge in [0, 0.05) is 10.6 Å². The molecule has 0 amide bonds. The Labute approximate surface area is 141 Å². The number of H-pyrrole nitrogens is 1. The van der Waals surface area contributed by atoms with Crippen LogP contribution in [0.1, 0.15) is 5.56 Å². The van der Waals surface area contributed by atoms with E-state index in [0.717, 1.165) is 4.68 Å². The van der Waals surface area contributed by atoms with Crippen molar-refractivity contribution in [1.29, 1.82) is 0 Å². The zero-order valence-electron chi connectivity index (χ0n) is 12.5. The van der Waals surface area contributed by atoms with Gasteiger partial charge in [0.25, 0.3) is 11.1 Å². The second-order valence-electron chi connectivity index (χ2n) is 5.13. The molecule has 0 saturated carbocycles. The van der Waals surface area contributed by atoms with Gasteiger partial charge in [-0.25, -0.2) is 4.68 Å². The van der Waals surface area contributed by atoms with Crippen LogP contribution in [0.15, 0.2) is 58.1 Å². The van der Waals surface area contributed by atoms with Crippen molar-refractivity contribution in [2.24, 2.45) is 0 Å². The average molecular weight is 345 g/mol. The Morgan fingerprint density at radius 3 is 2.46 bits per heavy atom. The topological polar surface area (TPSA) is 81.2 Å². The summed E-state index contributed by atoms with van der Waals surface area (Å²) in [6.07, 6.45) is 0. The molecule has 7 heteroatoms. The summed E-state index contributed by atoms with van der Waals surface area (Å²) in [7, 11) is 0. The number of esters is 1. The van der Waals surface area contributed by atoms with Gasteiger partial charge < -0.3 is 4.74 Å². The van der Waals surface area contributed by atoms with E-state index >= 15 is 0 Å². The molecule has 2 aromatic carbocycles. The SMILES string of the molecule is O=C(Cn1[nH]c(=O)c2ccccc2c1=O)OCc1ccccc1Cl. The molecule has 0 bridgehead atoms. The van der Waals surface area contributed by atoms with E-state index in [1.165, 1.54) is 0 Å². The summed E-state index contributed by atoms with van der Waals surface area (Å²) < 4.78 is 6.06. The third-order valence-corrected chi connectivity index (χ3v) is 3.89. The molecule has 1 N–H and O–H groups in total. The van der Waals surface area contributed by atoms with Gasteiger partial charge in [-0.05, 0) is 18.2 Å². The molecule has 3 rings (SSSR count). The van der Waals surface area contributed by atoms with E-state index in [-0.39, 0.29) is 23.9 Å². The van der Waals surface area contributed by atoms with E-state index < -0.39 is 17.1 Å². The fourth-order valence-electron chi connectivity index (χ4n) is 2.31. The van der Waals surface area contributed by atoms with Crippen LogP contribution in [0.3, 0.4) is 0 Å². The van der Waals surface area contributed by atoms with E-state index in [2.05, 4.69) is 5.10 Å². The molecule has 0 aliphatic rings. The summed E-state index contributed by atoms with van der Waals surface area (Å²) in [4.78, 5) is 36.2. The average Bonchev–Trinajstić information content (AvgIpc) is 2.59. The minimum absolute atomic E-state index is 0.00886. The second-order valence-corrected chi connectivity index (χ2v) is 5.54. The molecule has 0 atom stereocenters. The maximum absolute atomic E-state index is 12.3. The summed E-state index contributed by atoms with van der Waals surface area (Å²) in [5, 5.41) is 3.40. The number of ether oxygens (including phenoxy) is 1. The number of halogens is 1. The van der Waals surface area contributed by atoms with Crippen LogP contribution in [-0.2, 0) is 22.7 Å². The summed E-state index contributed by atoms with van der Waals surface area (Å²) >= 11 is 5.99. The molecule has 24 heavy (non-hydrogen) atoms. The van der Waals surface area contributed by atoms with Crippen molar-refractivity contribution < 1.29 is 9.53 Å². The molecule has 1 aromatic heterocycles. The van der Waals surface area contributed by atoms with Gasteiger partial charge >= 0.3 is 5.97 Å². The fourth-order valence-corrected chi connectivity index (χ4v) is 2.50. The maximum Gasteiger partial charge on any atom is 0.328 e. The molecule has 6 nitrogen and oxygen atoms in total. The lowest BCUT2D eigenvalue weighted by Gasteiger charge is -2.08. The van der Waals surface area contributed by atoms with Crippen molar-refractivity contribution in [3.05, 3.63) is 79.8 Å². The first kappa shape index (κ1) is 16.0. The number of carbonyl (C=O) groups excluding carboxylic acids is 1. The van der Waals surface area contributed by atoms with Crippen molar-refractivity contribution in [3.8, 4) is 0 Å². The summed E-state index contributed by atoms with van der Waals surface area (Å²) in [5.41, 5.74) is -0.240. The number of nitrogens with one attached hydrogen (secondary N) is 1. The molecular weight excluding hydrogens is 332 g/mol. The first-order valence-electron chi connectivity index (χ1n) is 7.17. The van der Waals surface area contributed by atoms with Crippen LogP contribution >= 0.6 is 11.6 Å². The zero-order chi connectivity index (χ0) is 17.1. The van der Waals surface area contributed by atoms with E-state index in [0.29, 0.717) is 10.6 Å². The van der Waals surface area contributed by atoms with Crippen molar-refractivity contribution >= 4 is 28.3 Å². The van der Waals surface area contributed by atoms with E-state index in [1.807, 2.05) is 0 Å². The molecular formula is C17H13ClN2O4. The number of aromatic amines is 1. The minimum Gasteiger partial charge on any atom is -0.459 e. The van der Waals surface area contributed by atoms with Crippen molar-refractivity contribution in [2.45, 2.75) is 13.2 Å². The fraction of sp³-hybridized carbons (Fsp3) is 0.118. The molecule has 0 aliphatic heterocycles. The van der Waals surface area contributed by atoms with Crippen molar-refractivity contribution in [3.63, 3.8) is 0 Å². The number of carbonyl (C=O) groups is 1. The second kappa shape index (κ2) is 6.72. The van der Waals surface area contributed by atoms with Gasteiger partial charge in [0.1, 0.15) is 13.2 Å². The number of fused-ring (bicyclic) bond motifs is 1. The summed E-state index contributed by atoms with van der Waals surface area (Å²) in [6, 6.07) is 13.4. The highest BCUT2D eigenvalue weighted by Crippen LogP contribution is 2.15. The van der Waals surface area contributed by atoms with Gasteiger partial charge in [-0.1, -0.05) is 41.9 Å². The van der Waals surface area contributed by atoms with E-state index in [9.17, 15) is 14.4 Å². The Hall–Kier alpha value is -2.86. The molecule has 0 fully saturated rings. The van der Waals surface area contributed by atoms with Crippen molar-refractivity contribution in [1.82, 2.24) is 9.78 Å². The highest BCUT2D eigenvalue weighted by Gasteiger charge is 2.11. The lowest BCUT2D eigenvalue weighted by molar-refractivity contribution is -0.146. The number of rotatable bonds is 4. The Balaban J connectivity index is 1.79. The quantitative estimate of drug-likeness (QED) is 0.735. The number of aromatic nitrogens is 2. The Kier molecular flexibility index (Phi) is 4.48. The third kappa shape index (κ3) is 3.23. The lowest BCUT2D eigenvalue weighted by atomic mass is 10.2. The van der Waals surface area contributed by atoms with Crippen LogP contribution in [-0.4, -0.2) is 15.7 Å². The number of hydrogen-bond acceptors (Lipinski definition) is 4. The zero-order valence-corrected chi connectivity index (χ0v) is 13.2. The molecule has 0 aliphatic carbocycles. The number of benzene rings is 2. The molecule has 3 aromatic rings. The van der Waals surface area contributed by atoms with Crippen LogP contribution in [0.4, 0.5) is 0 Å². The smallest absolute Gasteiger partial charge is 0.328 e. The first-order chi connectivity index (χ1) is 11.6. The predicted octanol–water partition coefficient (Wildman–Crippen LogP) is 2.09. The Morgan fingerprint density at radius 1 is 1.04 bits per heavy atom. The molecule has 122 valence electrons. The summed E-state index contributed by atoms with van der Waals surface area (Å²) in [5.74, 6) is -0.650. The molecule has 0 radical (unpaired) electrons. The highest BCUT2D eigenvalue weighted by molar-refractivity contribution is 6.31. The number of hydrogen-bond donors (Lipinski definition) is 1. The lowest BCUT2D eigenvalue weighted by Crippen LogP contribution is -2.32. The molecule has 0 saturated heterocycles.